The van der Waals surface area contributed by atoms with Gasteiger partial charge in [0.25, 0.3) is 0 Å². The van der Waals surface area contributed by atoms with Crippen molar-refractivity contribution < 1.29 is 0 Å². The van der Waals surface area contributed by atoms with Crippen LogP contribution in [0.25, 0.3) is 0 Å². The van der Waals surface area contributed by atoms with Gasteiger partial charge in [0.15, 0.2) is 0 Å². The molecule has 2 aromatic heterocycles. The van der Waals surface area contributed by atoms with Crippen LogP contribution in [0.4, 0.5) is 0 Å². The lowest BCUT2D eigenvalue weighted by Crippen LogP contribution is -2.11. The molecule has 0 aliphatic rings. The molecule has 2 N–H and O–H groups in total. The van der Waals surface area contributed by atoms with Crippen LogP contribution in [0.5, 0.6) is 0 Å². The zero-order valence-electron chi connectivity index (χ0n) is 9.19. The van der Waals surface area contributed by atoms with Crippen molar-refractivity contribution in [3.63, 3.8) is 0 Å². The second-order valence-electron chi connectivity index (χ2n) is 3.81. The van der Waals surface area contributed by atoms with E-state index in [0.717, 1.165) is 11.3 Å². The Morgan fingerprint density at radius 3 is 2.67 bits per heavy atom. The van der Waals surface area contributed by atoms with Crippen LogP contribution < -0.4 is 5.73 Å². The summed E-state index contributed by atoms with van der Waals surface area (Å²) in [6.07, 6.45) is 1.99. The van der Waals surface area contributed by atoms with Crippen LogP contribution in [-0.4, -0.2) is 9.78 Å². The third-order valence-corrected chi connectivity index (χ3v) is 3.38. The van der Waals surface area contributed by atoms with Gasteiger partial charge in [0.05, 0.1) is 11.7 Å². The second kappa shape index (κ2) is 3.79. The molecule has 4 heteroatoms. The van der Waals surface area contributed by atoms with Crippen molar-refractivity contribution >= 4 is 11.3 Å². The summed E-state index contributed by atoms with van der Waals surface area (Å²) in [6.45, 7) is 4.09. The molecule has 80 valence electrons. The first-order valence-corrected chi connectivity index (χ1v) is 5.76. The predicted octanol–water partition coefficient (Wildman–Crippen LogP) is 2.15. The summed E-state index contributed by atoms with van der Waals surface area (Å²) >= 11 is 1.73. The van der Waals surface area contributed by atoms with E-state index in [9.17, 15) is 0 Å². The fourth-order valence-corrected chi connectivity index (χ4v) is 2.47. The fourth-order valence-electron chi connectivity index (χ4n) is 1.73. The lowest BCUT2D eigenvalue weighted by atomic mass is 10.0. The van der Waals surface area contributed by atoms with E-state index in [0.29, 0.717) is 0 Å². The van der Waals surface area contributed by atoms with Crippen LogP contribution >= 0.6 is 11.3 Å². The number of hydrogen-bond donors (Lipinski definition) is 1. The van der Waals surface area contributed by atoms with E-state index >= 15 is 0 Å². The maximum atomic E-state index is 6.20. The monoisotopic (exact) mass is 221 g/mol. The second-order valence-corrected chi connectivity index (χ2v) is 4.93. The zero-order valence-corrected chi connectivity index (χ0v) is 10.0. The van der Waals surface area contributed by atoms with E-state index in [1.807, 2.05) is 24.9 Å². The molecule has 0 amide bonds. The normalized spacial score (nSPS) is 13.1. The molecule has 0 saturated carbocycles. The molecule has 2 rings (SSSR count). The highest BCUT2D eigenvalue weighted by atomic mass is 32.1. The van der Waals surface area contributed by atoms with Crippen LogP contribution in [0.1, 0.15) is 27.7 Å². The van der Waals surface area contributed by atoms with Gasteiger partial charge in [-0.15, -0.1) is 11.3 Å². The Labute approximate surface area is 93.5 Å². The SMILES string of the molecule is Cc1cc(C(N)c2cn(C)nc2C)cs1. The van der Waals surface area contributed by atoms with E-state index < -0.39 is 0 Å². The van der Waals surface area contributed by atoms with E-state index in [1.54, 1.807) is 11.3 Å². The molecule has 15 heavy (non-hydrogen) atoms. The largest absolute Gasteiger partial charge is 0.320 e. The first-order valence-electron chi connectivity index (χ1n) is 4.88. The summed E-state index contributed by atoms with van der Waals surface area (Å²) in [7, 11) is 1.92. The molecule has 0 fully saturated rings. The van der Waals surface area contributed by atoms with Crippen molar-refractivity contribution in [3.8, 4) is 0 Å². The summed E-state index contributed by atoms with van der Waals surface area (Å²) in [5, 5.41) is 6.42. The molecule has 0 spiro atoms. The molecule has 0 bridgehead atoms. The van der Waals surface area contributed by atoms with Gasteiger partial charge in [-0.1, -0.05) is 0 Å². The highest BCUT2D eigenvalue weighted by Gasteiger charge is 2.14. The Morgan fingerprint density at radius 1 is 1.47 bits per heavy atom. The van der Waals surface area contributed by atoms with Gasteiger partial charge < -0.3 is 5.73 Å². The summed E-state index contributed by atoms with van der Waals surface area (Å²) < 4.78 is 1.81. The van der Waals surface area contributed by atoms with Crippen LogP contribution in [0, 0.1) is 13.8 Å². The molecule has 0 radical (unpaired) electrons. The number of aromatic nitrogens is 2. The molecule has 3 nitrogen and oxygen atoms in total. The lowest BCUT2D eigenvalue weighted by molar-refractivity contribution is 0.756. The Kier molecular flexibility index (Phi) is 2.63. The van der Waals surface area contributed by atoms with Gasteiger partial charge in [0.2, 0.25) is 0 Å². The number of hydrogen-bond acceptors (Lipinski definition) is 3. The molecular formula is C11H15N3S. The predicted molar refractivity (Wildman–Crippen MR) is 63.0 cm³/mol. The first-order chi connectivity index (χ1) is 7.08. The molecule has 0 aliphatic carbocycles. The van der Waals surface area contributed by atoms with Crippen LogP contribution in [0.3, 0.4) is 0 Å². The molecule has 2 aromatic rings. The van der Waals surface area contributed by atoms with Gasteiger partial charge in [0.1, 0.15) is 0 Å². The van der Waals surface area contributed by atoms with Crippen molar-refractivity contribution in [1.29, 1.82) is 0 Å². The van der Waals surface area contributed by atoms with E-state index in [-0.39, 0.29) is 6.04 Å². The minimum atomic E-state index is -0.0522. The van der Waals surface area contributed by atoms with E-state index in [1.165, 1.54) is 10.4 Å². The lowest BCUT2D eigenvalue weighted by Gasteiger charge is -2.07. The summed E-state index contributed by atoms with van der Waals surface area (Å²) in [4.78, 5) is 1.29. The number of aryl methyl sites for hydroxylation is 3. The molecule has 1 atom stereocenters. The highest BCUT2D eigenvalue weighted by Crippen LogP contribution is 2.25. The Balaban J connectivity index is 2.35. The minimum absolute atomic E-state index is 0.0522. The van der Waals surface area contributed by atoms with E-state index in [2.05, 4.69) is 23.5 Å². The van der Waals surface area contributed by atoms with Crippen molar-refractivity contribution in [1.82, 2.24) is 9.78 Å². The van der Waals surface area contributed by atoms with Crippen LogP contribution in [0.15, 0.2) is 17.6 Å². The quantitative estimate of drug-likeness (QED) is 0.844. The third kappa shape index (κ3) is 1.96. The van der Waals surface area contributed by atoms with Gasteiger partial charge >= 0.3 is 0 Å². The summed E-state index contributed by atoms with van der Waals surface area (Å²) in [5.41, 5.74) is 9.49. The molecule has 1 unspecified atom stereocenters. The van der Waals surface area contributed by atoms with E-state index in [4.69, 9.17) is 5.73 Å². The molecule has 0 aliphatic heterocycles. The topological polar surface area (TPSA) is 43.8 Å². The Hall–Kier alpha value is -1.13. The third-order valence-electron chi connectivity index (χ3n) is 2.50. The van der Waals surface area contributed by atoms with Gasteiger partial charge in [-0.2, -0.15) is 5.10 Å². The molecule has 0 saturated heterocycles. The zero-order chi connectivity index (χ0) is 11.0. The minimum Gasteiger partial charge on any atom is -0.320 e. The summed E-state index contributed by atoms with van der Waals surface area (Å²) in [6, 6.07) is 2.09. The number of nitrogens with two attached hydrogens (primary N) is 1. The number of thiophene rings is 1. The van der Waals surface area contributed by atoms with Gasteiger partial charge in [-0.3, -0.25) is 4.68 Å². The van der Waals surface area contributed by atoms with Gasteiger partial charge in [0, 0.05) is 23.7 Å². The van der Waals surface area contributed by atoms with Crippen LogP contribution in [0.2, 0.25) is 0 Å². The average Bonchev–Trinajstić information content (AvgIpc) is 2.71. The Bertz CT molecular complexity index is 470. The molecule has 0 aromatic carbocycles. The summed E-state index contributed by atoms with van der Waals surface area (Å²) in [5.74, 6) is 0. The maximum absolute atomic E-state index is 6.20. The average molecular weight is 221 g/mol. The standard InChI is InChI=1S/C11H15N3S/c1-7-4-9(6-15-7)11(12)10-5-14(3)13-8(10)2/h4-6,11H,12H2,1-3H3. The smallest absolute Gasteiger partial charge is 0.0644 e. The molecule has 2 heterocycles. The van der Waals surface area contributed by atoms with Gasteiger partial charge in [-0.05, 0) is 30.9 Å². The van der Waals surface area contributed by atoms with Crippen molar-refractivity contribution in [2.45, 2.75) is 19.9 Å². The van der Waals surface area contributed by atoms with Crippen LogP contribution in [-0.2, 0) is 7.05 Å². The van der Waals surface area contributed by atoms with Crippen molar-refractivity contribution in [3.05, 3.63) is 39.3 Å². The number of rotatable bonds is 2. The highest BCUT2D eigenvalue weighted by molar-refractivity contribution is 7.10. The Morgan fingerprint density at radius 2 is 2.20 bits per heavy atom. The maximum Gasteiger partial charge on any atom is 0.0644 e. The van der Waals surface area contributed by atoms with Gasteiger partial charge in [-0.25, -0.2) is 0 Å². The fraction of sp³-hybridized carbons (Fsp3) is 0.364. The number of nitrogens with zero attached hydrogens (tertiary/aromatic N) is 2. The van der Waals surface area contributed by atoms with Crippen molar-refractivity contribution in [2.24, 2.45) is 12.8 Å². The first kappa shape index (κ1) is 10.4. The van der Waals surface area contributed by atoms with Crippen molar-refractivity contribution in [2.75, 3.05) is 0 Å². The molecular weight excluding hydrogens is 206 g/mol.